The van der Waals surface area contributed by atoms with Crippen LogP contribution >= 0.6 is 0 Å². The number of rotatable bonds is 2. The number of fused-ring (bicyclic) bond motifs is 5. The Morgan fingerprint density at radius 1 is 0.667 bits per heavy atom. The van der Waals surface area contributed by atoms with Gasteiger partial charge in [0.1, 0.15) is 0 Å². The minimum absolute atomic E-state index is 0. The predicted molar refractivity (Wildman–Crippen MR) is 150 cm³/mol. The summed E-state index contributed by atoms with van der Waals surface area (Å²) in [5.74, 6) is 0. The number of hydrogen-bond donors (Lipinski definition) is 0. The van der Waals surface area contributed by atoms with Gasteiger partial charge >= 0.3 is 6.18 Å². The SMILES string of the molecule is Cc1[c-]c(-c2nccc3c2ccc2c4ccc(-c5c(C)cc(C(F)(F)F)cc5C)cc4ccc32)cc(C)c1.[Ir]. The number of alkyl halides is 3. The van der Waals surface area contributed by atoms with E-state index in [0.29, 0.717) is 11.1 Å². The molecule has 1 aromatic heterocycles. The molecule has 1 radical (unpaired) electrons. The van der Waals surface area contributed by atoms with Crippen molar-refractivity contribution in [2.24, 2.45) is 0 Å². The first kappa shape index (κ1) is 27.1. The van der Waals surface area contributed by atoms with Gasteiger partial charge in [-0.25, -0.2) is 0 Å². The molecule has 197 valence electrons. The summed E-state index contributed by atoms with van der Waals surface area (Å²) in [5, 5.41) is 6.62. The van der Waals surface area contributed by atoms with Crippen LogP contribution in [0.15, 0.2) is 79.0 Å². The Morgan fingerprint density at radius 3 is 1.97 bits per heavy atom. The van der Waals surface area contributed by atoms with Crippen LogP contribution < -0.4 is 0 Å². The fourth-order valence-corrected chi connectivity index (χ4v) is 5.79. The maximum absolute atomic E-state index is 13.3. The van der Waals surface area contributed by atoms with Crippen molar-refractivity contribution in [1.82, 2.24) is 4.98 Å². The minimum atomic E-state index is -4.36. The maximum atomic E-state index is 13.3. The molecule has 0 N–H and O–H groups in total. The van der Waals surface area contributed by atoms with E-state index in [9.17, 15) is 13.2 Å². The molecule has 0 aliphatic rings. The van der Waals surface area contributed by atoms with Crippen LogP contribution in [0.2, 0.25) is 0 Å². The van der Waals surface area contributed by atoms with Gasteiger partial charge in [0.05, 0.1) is 5.56 Å². The summed E-state index contributed by atoms with van der Waals surface area (Å²) < 4.78 is 39.9. The molecule has 0 aliphatic carbocycles. The molecule has 0 aliphatic heterocycles. The molecule has 6 rings (SSSR count). The molecule has 0 saturated heterocycles. The number of hydrogen-bond acceptors (Lipinski definition) is 1. The largest absolute Gasteiger partial charge is 0.416 e. The summed E-state index contributed by atoms with van der Waals surface area (Å²) in [4.78, 5) is 4.71. The van der Waals surface area contributed by atoms with Gasteiger partial charge in [-0.1, -0.05) is 50.2 Å². The number of pyridine rings is 1. The van der Waals surface area contributed by atoms with E-state index < -0.39 is 11.7 Å². The van der Waals surface area contributed by atoms with E-state index in [0.717, 1.165) is 60.3 Å². The van der Waals surface area contributed by atoms with Gasteiger partial charge in [0, 0.05) is 26.3 Å². The summed E-state index contributed by atoms with van der Waals surface area (Å²) in [7, 11) is 0. The smallest absolute Gasteiger partial charge is 0.304 e. The first-order valence-electron chi connectivity index (χ1n) is 12.5. The molecule has 5 heteroatoms. The van der Waals surface area contributed by atoms with Gasteiger partial charge in [0.25, 0.3) is 0 Å². The summed E-state index contributed by atoms with van der Waals surface area (Å²) in [5.41, 5.74) is 6.55. The van der Waals surface area contributed by atoms with Crippen LogP contribution in [-0.4, -0.2) is 4.98 Å². The number of halogens is 3. The quantitative estimate of drug-likeness (QED) is 0.130. The van der Waals surface area contributed by atoms with Crippen molar-refractivity contribution in [3.8, 4) is 22.4 Å². The Bertz CT molecular complexity index is 1860. The molecular formula is C34H25F3IrN-. The summed E-state index contributed by atoms with van der Waals surface area (Å²) in [6.45, 7) is 7.62. The van der Waals surface area contributed by atoms with E-state index in [4.69, 9.17) is 4.98 Å². The molecule has 0 saturated carbocycles. The molecule has 1 nitrogen and oxygen atoms in total. The van der Waals surface area contributed by atoms with Gasteiger partial charge in [0.2, 0.25) is 0 Å². The molecule has 0 spiro atoms. The van der Waals surface area contributed by atoms with Crippen molar-refractivity contribution in [1.29, 1.82) is 0 Å². The Balaban J connectivity index is 0.00000308. The third-order valence-electron chi connectivity index (χ3n) is 7.31. The Morgan fingerprint density at radius 2 is 1.28 bits per heavy atom. The third-order valence-corrected chi connectivity index (χ3v) is 7.31. The molecule has 39 heavy (non-hydrogen) atoms. The topological polar surface area (TPSA) is 12.9 Å². The zero-order valence-corrected chi connectivity index (χ0v) is 24.3. The third kappa shape index (κ3) is 4.75. The van der Waals surface area contributed by atoms with E-state index in [1.54, 1.807) is 13.8 Å². The van der Waals surface area contributed by atoms with Gasteiger partial charge in [-0.3, -0.25) is 0 Å². The molecular weight excluding hydrogens is 672 g/mol. The predicted octanol–water partition coefficient (Wildman–Crippen LogP) is 9.93. The van der Waals surface area contributed by atoms with Crippen LogP contribution in [0.3, 0.4) is 0 Å². The first-order valence-corrected chi connectivity index (χ1v) is 12.5. The van der Waals surface area contributed by atoms with Gasteiger partial charge in [-0.05, 0) is 98.4 Å². The van der Waals surface area contributed by atoms with Crippen molar-refractivity contribution < 1.29 is 33.3 Å². The molecule has 5 aromatic carbocycles. The van der Waals surface area contributed by atoms with E-state index >= 15 is 0 Å². The van der Waals surface area contributed by atoms with E-state index in [1.807, 2.05) is 19.2 Å². The van der Waals surface area contributed by atoms with Crippen molar-refractivity contribution in [2.45, 2.75) is 33.9 Å². The van der Waals surface area contributed by atoms with E-state index in [-0.39, 0.29) is 20.1 Å². The summed E-state index contributed by atoms with van der Waals surface area (Å²) in [6, 6.07) is 26.9. The maximum Gasteiger partial charge on any atom is 0.416 e. The van der Waals surface area contributed by atoms with Gasteiger partial charge in [0.15, 0.2) is 0 Å². The zero-order chi connectivity index (χ0) is 26.8. The van der Waals surface area contributed by atoms with Crippen LogP contribution in [0.1, 0.15) is 27.8 Å². The van der Waals surface area contributed by atoms with Crippen LogP contribution in [0.5, 0.6) is 0 Å². The second kappa shape index (κ2) is 9.89. The summed E-state index contributed by atoms with van der Waals surface area (Å²) >= 11 is 0. The van der Waals surface area contributed by atoms with Crippen molar-refractivity contribution in [3.63, 3.8) is 0 Å². The van der Waals surface area contributed by atoms with Crippen LogP contribution in [0.25, 0.3) is 54.7 Å². The summed E-state index contributed by atoms with van der Waals surface area (Å²) in [6.07, 6.45) is -2.50. The van der Waals surface area contributed by atoms with Crippen molar-refractivity contribution in [2.75, 3.05) is 0 Å². The molecule has 0 fully saturated rings. The fourth-order valence-electron chi connectivity index (χ4n) is 5.79. The Hall–Kier alpha value is -3.53. The van der Waals surface area contributed by atoms with Crippen LogP contribution in [-0.2, 0) is 26.3 Å². The monoisotopic (exact) mass is 697 g/mol. The minimum Gasteiger partial charge on any atom is -0.304 e. The molecule has 0 unspecified atom stereocenters. The molecule has 1 heterocycles. The molecule has 0 atom stereocenters. The zero-order valence-electron chi connectivity index (χ0n) is 21.9. The number of aromatic nitrogens is 1. The molecule has 0 amide bonds. The Labute approximate surface area is 239 Å². The van der Waals surface area contributed by atoms with Crippen LogP contribution in [0.4, 0.5) is 13.2 Å². The first-order chi connectivity index (χ1) is 18.1. The van der Waals surface area contributed by atoms with Crippen molar-refractivity contribution in [3.05, 3.63) is 113 Å². The number of aryl methyl sites for hydroxylation is 4. The second-order valence-electron chi connectivity index (χ2n) is 10.2. The van der Waals surface area contributed by atoms with E-state index in [2.05, 4.69) is 67.6 Å². The van der Waals surface area contributed by atoms with Crippen LogP contribution in [0, 0.1) is 33.8 Å². The molecule has 0 bridgehead atoms. The number of benzene rings is 5. The average Bonchev–Trinajstić information content (AvgIpc) is 2.86. The van der Waals surface area contributed by atoms with Gasteiger partial charge in [-0.2, -0.15) is 13.2 Å². The van der Waals surface area contributed by atoms with Gasteiger partial charge < -0.3 is 4.98 Å². The average molecular weight is 697 g/mol. The fraction of sp³-hybridized carbons (Fsp3) is 0.147. The van der Waals surface area contributed by atoms with Gasteiger partial charge in [-0.15, -0.1) is 34.9 Å². The standard InChI is InChI=1S/C34H25F3N.Ir/c1-19-13-20(2)15-25(14-19)33-31-10-9-28-27-7-6-24(18-23(27)5-8-29(28)30(31)11-12-38-33)32-21(3)16-26(17-22(32)4)34(35,36)37;/h5-14,16-18H,1-4H3;/q-1;. The number of nitrogens with zero attached hydrogens (tertiary/aromatic N) is 1. The van der Waals surface area contributed by atoms with E-state index in [1.165, 1.54) is 17.7 Å². The Kier molecular flexibility index (Phi) is 6.86. The molecule has 6 aromatic rings. The second-order valence-corrected chi connectivity index (χ2v) is 10.2. The van der Waals surface area contributed by atoms with Crippen molar-refractivity contribution >= 4 is 32.3 Å². The normalized spacial score (nSPS) is 11.8.